The zero-order valence-corrected chi connectivity index (χ0v) is 15.1. The lowest BCUT2D eigenvalue weighted by Gasteiger charge is -2.31. The lowest BCUT2D eigenvalue weighted by molar-refractivity contribution is -0.126. The van der Waals surface area contributed by atoms with Crippen LogP contribution in [0.15, 0.2) is 18.2 Å². The van der Waals surface area contributed by atoms with Gasteiger partial charge in [0, 0.05) is 35.1 Å². The fraction of sp³-hybridized carbons (Fsp3) is 0.444. The number of benzene rings is 1. The summed E-state index contributed by atoms with van der Waals surface area (Å²) in [4.78, 5) is 27.1. The number of thiophene rings is 1. The number of nitrogens with zero attached hydrogens (tertiary/aromatic N) is 1. The van der Waals surface area contributed by atoms with Crippen LogP contribution >= 0.6 is 22.9 Å². The molecule has 0 atom stereocenters. The lowest BCUT2D eigenvalue weighted by atomic mass is 9.95. The molecule has 1 aromatic heterocycles. The van der Waals surface area contributed by atoms with Crippen molar-refractivity contribution >= 4 is 44.8 Å². The van der Waals surface area contributed by atoms with Crippen LogP contribution in [-0.2, 0) is 4.79 Å². The number of carbonyl (C=O) groups is 2. The Bertz CT molecular complexity index is 841. The van der Waals surface area contributed by atoms with Crippen LogP contribution in [-0.4, -0.2) is 35.8 Å². The SMILES string of the molecule is O=C(NC1CC1)C1CCN(C(=O)c2sc3cc(F)ccc3c2Cl)CC1. The van der Waals surface area contributed by atoms with Crippen molar-refractivity contribution in [2.24, 2.45) is 5.92 Å². The Morgan fingerprint density at radius 3 is 2.60 bits per heavy atom. The van der Waals surface area contributed by atoms with Crippen molar-refractivity contribution in [3.05, 3.63) is 33.9 Å². The average molecular weight is 381 g/mol. The minimum absolute atomic E-state index is 0.0170. The first-order valence-corrected chi connectivity index (χ1v) is 9.69. The Kier molecular flexibility index (Phi) is 4.41. The van der Waals surface area contributed by atoms with Gasteiger partial charge in [-0.05, 0) is 43.9 Å². The molecule has 1 N–H and O–H groups in total. The average Bonchev–Trinajstić information content (AvgIpc) is 3.37. The molecule has 4 nitrogen and oxygen atoms in total. The number of halogens is 2. The van der Waals surface area contributed by atoms with Crippen LogP contribution in [0.25, 0.3) is 10.1 Å². The van der Waals surface area contributed by atoms with Crippen LogP contribution < -0.4 is 5.32 Å². The van der Waals surface area contributed by atoms with Crippen LogP contribution in [0.3, 0.4) is 0 Å². The zero-order valence-electron chi connectivity index (χ0n) is 13.6. The first-order valence-electron chi connectivity index (χ1n) is 8.50. The molecule has 0 spiro atoms. The Balaban J connectivity index is 1.45. The van der Waals surface area contributed by atoms with Gasteiger partial charge in [-0.25, -0.2) is 4.39 Å². The molecule has 0 bridgehead atoms. The molecule has 1 aliphatic heterocycles. The van der Waals surface area contributed by atoms with Crippen LogP contribution in [0.1, 0.15) is 35.4 Å². The molecule has 1 aromatic carbocycles. The summed E-state index contributed by atoms with van der Waals surface area (Å²) in [6, 6.07) is 4.72. The Labute approximate surface area is 153 Å². The molecule has 2 aliphatic rings. The maximum Gasteiger partial charge on any atom is 0.265 e. The number of hydrogen-bond donors (Lipinski definition) is 1. The summed E-state index contributed by atoms with van der Waals surface area (Å²) < 4.78 is 14.1. The summed E-state index contributed by atoms with van der Waals surface area (Å²) in [5, 5.41) is 4.13. The molecule has 1 saturated heterocycles. The second-order valence-corrected chi connectivity index (χ2v) is 8.17. The molecular weight excluding hydrogens is 363 g/mol. The molecule has 0 radical (unpaired) electrons. The fourth-order valence-corrected chi connectivity index (χ4v) is 4.72. The van der Waals surface area contributed by atoms with Gasteiger partial charge < -0.3 is 10.2 Å². The molecule has 2 aromatic rings. The molecule has 2 amide bonds. The summed E-state index contributed by atoms with van der Waals surface area (Å²) in [5.74, 6) is -0.374. The monoisotopic (exact) mass is 380 g/mol. The number of amides is 2. The van der Waals surface area contributed by atoms with E-state index in [1.165, 1.54) is 23.5 Å². The molecule has 2 fully saturated rings. The van der Waals surface area contributed by atoms with Crippen LogP contribution in [0.5, 0.6) is 0 Å². The summed E-state index contributed by atoms with van der Waals surface area (Å²) in [7, 11) is 0. The van der Waals surface area contributed by atoms with Gasteiger partial charge in [0.15, 0.2) is 0 Å². The van der Waals surface area contributed by atoms with E-state index < -0.39 is 0 Å². The van der Waals surface area contributed by atoms with Gasteiger partial charge in [0.05, 0.1) is 5.02 Å². The second-order valence-electron chi connectivity index (χ2n) is 6.73. The van der Waals surface area contributed by atoms with Gasteiger partial charge in [0.25, 0.3) is 5.91 Å². The highest BCUT2D eigenvalue weighted by Gasteiger charge is 2.32. The number of nitrogens with one attached hydrogen (secondary N) is 1. The van der Waals surface area contributed by atoms with Crippen LogP contribution in [0, 0.1) is 11.7 Å². The van der Waals surface area contributed by atoms with Crippen LogP contribution in [0.2, 0.25) is 5.02 Å². The van der Waals surface area contributed by atoms with Gasteiger partial charge in [-0.1, -0.05) is 11.6 Å². The molecule has 132 valence electrons. The Morgan fingerprint density at radius 2 is 1.92 bits per heavy atom. The van der Waals surface area contributed by atoms with E-state index in [0.29, 0.717) is 52.0 Å². The van der Waals surface area contributed by atoms with Gasteiger partial charge in [0.1, 0.15) is 10.7 Å². The highest BCUT2D eigenvalue weighted by atomic mass is 35.5. The van der Waals surface area contributed by atoms with Crippen molar-refractivity contribution in [2.75, 3.05) is 13.1 Å². The summed E-state index contributed by atoms with van der Waals surface area (Å²) in [6.45, 7) is 1.08. The van der Waals surface area contributed by atoms with Crippen molar-refractivity contribution in [3.8, 4) is 0 Å². The first-order chi connectivity index (χ1) is 12.0. The number of likely N-dealkylation sites (tertiary alicyclic amines) is 1. The third-order valence-corrected chi connectivity index (χ3v) is 6.51. The van der Waals surface area contributed by atoms with Crippen molar-refractivity contribution < 1.29 is 14.0 Å². The molecule has 25 heavy (non-hydrogen) atoms. The number of carbonyl (C=O) groups excluding carboxylic acids is 2. The van der Waals surface area contributed by atoms with Gasteiger partial charge in [-0.15, -0.1) is 11.3 Å². The third-order valence-electron chi connectivity index (χ3n) is 4.86. The summed E-state index contributed by atoms with van der Waals surface area (Å²) >= 11 is 7.56. The number of rotatable bonds is 3. The summed E-state index contributed by atoms with van der Waals surface area (Å²) in [5.41, 5.74) is 0. The molecular formula is C18H18ClFN2O2S. The molecule has 4 rings (SSSR count). The van der Waals surface area contributed by atoms with Gasteiger partial charge >= 0.3 is 0 Å². The van der Waals surface area contributed by atoms with E-state index in [9.17, 15) is 14.0 Å². The predicted molar refractivity (Wildman–Crippen MR) is 96.6 cm³/mol. The van der Waals surface area contributed by atoms with E-state index >= 15 is 0 Å². The highest BCUT2D eigenvalue weighted by molar-refractivity contribution is 7.21. The van der Waals surface area contributed by atoms with E-state index in [2.05, 4.69) is 5.32 Å². The fourth-order valence-electron chi connectivity index (χ4n) is 3.21. The minimum atomic E-state index is -0.341. The molecule has 0 unspecified atom stereocenters. The number of hydrogen-bond acceptors (Lipinski definition) is 3. The normalized spacial score (nSPS) is 18.6. The predicted octanol–water partition coefficient (Wildman–Crippen LogP) is 3.82. The largest absolute Gasteiger partial charge is 0.353 e. The number of fused-ring (bicyclic) bond motifs is 1. The third kappa shape index (κ3) is 3.37. The smallest absolute Gasteiger partial charge is 0.265 e. The van der Waals surface area contributed by atoms with Crippen LogP contribution in [0.4, 0.5) is 4.39 Å². The minimum Gasteiger partial charge on any atom is -0.353 e. The van der Waals surface area contributed by atoms with Gasteiger partial charge in [-0.2, -0.15) is 0 Å². The summed E-state index contributed by atoms with van der Waals surface area (Å²) in [6.07, 6.45) is 3.49. The molecule has 2 heterocycles. The molecule has 7 heteroatoms. The second kappa shape index (κ2) is 6.57. The lowest BCUT2D eigenvalue weighted by Crippen LogP contribution is -2.43. The quantitative estimate of drug-likeness (QED) is 0.879. The Morgan fingerprint density at radius 1 is 1.20 bits per heavy atom. The Hall–Kier alpha value is -1.66. The van der Waals surface area contributed by atoms with Gasteiger partial charge in [-0.3, -0.25) is 9.59 Å². The molecule has 1 saturated carbocycles. The highest BCUT2D eigenvalue weighted by Crippen LogP contribution is 2.37. The van der Waals surface area contributed by atoms with Gasteiger partial charge in [0.2, 0.25) is 5.91 Å². The molecule has 1 aliphatic carbocycles. The van der Waals surface area contributed by atoms with E-state index in [0.717, 1.165) is 12.8 Å². The number of piperidine rings is 1. The topological polar surface area (TPSA) is 49.4 Å². The van der Waals surface area contributed by atoms with E-state index in [1.807, 2.05) is 0 Å². The van der Waals surface area contributed by atoms with E-state index in [-0.39, 0.29) is 23.5 Å². The first kappa shape index (κ1) is 16.8. The van der Waals surface area contributed by atoms with Crippen molar-refractivity contribution in [2.45, 2.75) is 31.7 Å². The standard InChI is InChI=1S/C18H18ClFN2O2S/c19-15-13-4-1-11(20)9-14(13)25-16(15)18(24)22-7-5-10(6-8-22)17(23)21-12-2-3-12/h1,4,9-10,12H,2-3,5-8H2,(H,21,23). The van der Waals surface area contributed by atoms with Crippen molar-refractivity contribution in [1.82, 2.24) is 10.2 Å². The van der Waals surface area contributed by atoms with Crippen molar-refractivity contribution in [1.29, 1.82) is 0 Å². The maximum absolute atomic E-state index is 13.4. The van der Waals surface area contributed by atoms with E-state index in [1.54, 1.807) is 11.0 Å². The van der Waals surface area contributed by atoms with Crippen molar-refractivity contribution in [3.63, 3.8) is 0 Å². The maximum atomic E-state index is 13.4. The zero-order chi connectivity index (χ0) is 17.6. The van der Waals surface area contributed by atoms with E-state index in [4.69, 9.17) is 11.6 Å².